The highest BCUT2D eigenvalue weighted by Gasteiger charge is 2.24. The molecular weight excluding hydrogens is 1350 g/mol. The summed E-state index contributed by atoms with van der Waals surface area (Å²) >= 11 is 0. The van der Waals surface area contributed by atoms with Gasteiger partial charge in [0.2, 0.25) is 11.8 Å². The van der Waals surface area contributed by atoms with Crippen LogP contribution in [0.1, 0.15) is 96.9 Å². The molecule has 8 aromatic carbocycles. The van der Waals surface area contributed by atoms with E-state index < -0.39 is 0 Å². The average Bonchev–Trinajstić information content (AvgIpc) is 1.60. The first-order valence-corrected chi connectivity index (χ1v) is 37.8. The molecule has 110 heavy (non-hydrogen) atoms. The molecule has 6 N–H and O–H groups in total. The predicted molar refractivity (Wildman–Crippen MR) is 455 cm³/mol. The van der Waals surface area contributed by atoms with E-state index in [9.17, 15) is 9.59 Å². The number of unbranched alkanes of at least 4 members (excludes halogenated alkanes) is 5. The molecule has 0 unspecified atom stereocenters. The number of fused-ring (bicyclic) bond motifs is 16. The molecule has 0 radical (unpaired) electrons. The normalized spacial score (nSPS) is 12.0. The first-order chi connectivity index (χ1) is 54.4. The molecule has 0 saturated heterocycles. The minimum atomic E-state index is -0.0593. The Morgan fingerprint density at radius 3 is 0.645 bits per heavy atom. The molecule has 12 heteroatoms. The summed E-state index contributed by atoms with van der Waals surface area (Å²) in [6.07, 6.45) is 22.6. The maximum atomic E-state index is 14.2. The second-order valence-electron chi connectivity index (χ2n) is 28.0. The fraction of sp³-hybridized carbons (Fsp3) is 0.0816. The molecule has 6 aromatic heterocycles. The SMILES string of the molecule is O=C(CCCCCCCCC(=O)Nc1ccccc1-c1c2nc(c(-c3ccccc3)c3ccc([nH]3)c(-c3ccccc3)c3nc(c(-c4ccccc4)c4ccc1[nH]4)C=C3)C=C2)Nc1ccccc1-c1c2nc(c(-c3ccccc3)c3ccc([nH]3)c(-c3ccccc3)c3nc(c(-c4ccccc4)c4ccc1[nH]4)C=C3)C=C2. The van der Waals surface area contributed by atoms with Gasteiger partial charge in [-0.05, 0) is 155 Å². The zero-order chi connectivity index (χ0) is 73.7. The summed E-state index contributed by atoms with van der Waals surface area (Å²) in [6, 6.07) is 95.6. The number of nitrogens with one attached hydrogen (secondary N) is 6. The van der Waals surface area contributed by atoms with Crippen LogP contribution in [-0.2, 0) is 9.59 Å². The van der Waals surface area contributed by atoms with Crippen molar-refractivity contribution in [1.29, 1.82) is 0 Å². The molecule has 16 bridgehead atoms. The Morgan fingerprint density at radius 2 is 0.409 bits per heavy atom. The summed E-state index contributed by atoms with van der Waals surface area (Å²) in [7, 11) is 0. The molecule has 4 aliphatic heterocycles. The molecule has 530 valence electrons. The summed E-state index contributed by atoms with van der Waals surface area (Å²) < 4.78 is 0. The van der Waals surface area contributed by atoms with E-state index >= 15 is 0 Å². The number of nitrogens with zero attached hydrogens (tertiary/aromatic N) is 4. The zero-order valence-electron chi connectivity index (χ0n) is 60.4. The standard InChI is InChI=1S/C98H76N10O2/c109-89(107-71-43-27-25-41-69(71)97-85-59-55-81(103-85)93(65-33-15-7-16-34-65)77-51-47-73(99-77)91(63-29-11-5-12-30-63)74-48-52-78(100-74)94(66-35-17-8-18-36-66)82-56-60-86(97)104-82)45-23-3-1-2-4-24-46-90(110)108-72-44-28-26-42-70(72)98-87-61-57-83(105-87)95(67-37-19-9-20-38-67)79-53-49-75(101-79)92(64-31-13-6-14-32-64)76-50-54-80(102-76)96(68-39-21-10-22-40-68)84-58-62-88(98)106-84/h5-22,25-44,47-62,99,101,104,106H,1-4,23-24,45-46H2,(H,107,109)(H,108,110). The van der Waals surface area contributed by atoms with Crippen molar-refractivity contribution < 1.29 is 9.59 Å². The van der Waals surface area contributed by atoms with Gasteiger partial charge in [-0.2, -0.15) is 0 Å². The Hall–Kier alpha value is -14.1. The molecule has 10 heterocycles. The summed E-state index contributed by atoms with van der Waals surface area (Å²) in [5.74, 6) is -0.119. The first kappa shape index (κ1) is 67.8. The van der Waals surface area contributed by atoms with Gasteiger partial charge in [-0.25, -0.2) is 19.9 Å². The van der Waals surface area contributed by atoms with Crippen LogP contribution in [0.3, 0.4) is 0 Å². The van der Waals surface area contributed by atoms with Crippen molar-refractivity contribution in [3.63, 3.8) is 0 Å². The Labute approximate surface area is 637 Å². The number of aromatic amines is 4. The number of aromatic nitrogens is 8. The van der Waals surface area contributed by atoms with E-state index in [4.69, 9.17) is 19.9 Å². The number of hydrogen-bond donors (Lipinski definition) is 6. The molecule has 0 aliphatic carbocycles. The number of carbonyl (C=O) groups is 2. The lowest BCUT2D eigenvalue weighted by atomic mass is 10.0. The van der Waals surface area contributed by atoms with Crippen molar-refractivity contribution in [2.24, 2.45) is 0 Å². The molecule has 0 fully saturated rings. The number of para-hydroxylation sites is 2. The average molecular weight is 1430 g/mol. The van der Waals surface area contributed by atoms with Gasteiger partial charge in [-0.15, -0.1) is 0 Å². The lowest BCUT2D eigenvalue weighted by molar-refractivity contribution is -0.117. The quantitative estimate of drug-likeness (QED) is 0.0440. The number of anilines is 2. The van der Waals surface area contributed by atoms with Crippen LogP contribution in [0.2, 0.25) is 0 Å². The third-order valence-electron chi connectivity index (χ3n) is 20.9. The molecule has 0 saturated carbocycles. The van der Waals surface area contributed by atoms with Crippen LogP contribution in [0.4, 0.5) is 11.4 Å². The summed E-state index contributed by atoms with van der Waals surface area (Å²) in [4.78, 5) is 65.9. The van der Waals surface area contributed by atoms with Crippen molar-refractivity contribution in [2.45, 2.75) is 51.4 Å². The van der Waals surface area contributed by atoms with Gasteiger partial charge in [0.1, 0.15) is 0 Å². The topological polar surface area (TPSA) is 173 Å². The van der Waals surface area contributed by atoms with Crippen LogP contribution >= 0.6 is 0 Å². The van der Waals surface area contributed by atoms with Crippen LogP contribution in [0.5, 0.6) is 0 Å². The molecule has 0 atom stereocenters. The van der Waals surface area contributed by atoms with E-state index in [1.165, 1.54) is 0 Å². The van der Waals surface area contributed by atoms with Crippen LogP contribution < -0.4 is 10.6 Å². The van der Waals surface area contributed by atoms with E-state index in [0.717, 1.165) is 217 Å². The largest absolute Gasteiger partial charge is 0.354 e. The second-order valence-corrected chi connectivity index (χ2v) is 28.0. The lowest BCUT2D eigenvalue weighted by Gasteiger charge is -2.13. The minimum absolute atomic E-state index is 0.0593. The lowest BCUT2D eigenvalue weighted by Crippen LogP contribution is -2.12. The summed E-state index contributed by atoms with van der Waals surface area (Å²) in [6.45, 7) is 0. The molecule has 0 spiro atoms. The molecule has 18 rings (SSSR count). The van der Waals surface area contributed by atoms with Crippen molar-refractivity contribution in [3.05, 3.63) is 325 Å². The van der Waals surface area contributed by atoms with E-state index in [0.29, 0.717) is 24.2 Å². The van der Waals surface area contributed by atoms with Gasteiger partial charge in [-0.1, -0.05) is 244 Å². The highest BCUT2D eigenvalue weighted by molar-refractivity contribution is 6.06. The van der Waals surface area contributed by atoms with Gasteiger partial charge in [0.05, 0.1) is 45.6 Å². The zero-order valence-corrected chi connectivity index (χ0v) is 60.4. The summed E-state index contributed by atoms with van der Waals surface area (Å²) in [5.41, 5.74) is 30.4. The van der Waals surface area contributed by atoms with E-state index in [2.05, 4.69) is 285 Å². The smallest absolute Gasteiger partial charge is 0.224 e. The predicted octanol–water partition coefficient (Wildman–Crippen LogP) is 24.7. The molecule has 4 aliphatic rings. The third-order valence-corrected chi connectivity index (χ3v) is 20.9. The maximum absolute atomic E-state index is 14.2. The van der Waals surface area contributed by atoms with Gasteiger partial charge >= 0.3 is 0 Å². The summed E-state index contributed by atoms with van der Waals surface area (Å²) in [5, 5.41) is 6.69. The fourth-order valence-electron chi connectivity index (χ4n) is 15.8. The monoisotopic (exact) mass is 1420 g/mol. The number of amides is 2. The Kier molecular flexibility index (Phi) is 18.7. The highest BCUT2D eigenvalue weighted by atomic mass is 16.2. The van der Waals surface area contributed by atoms with E-state index in [1.54, 1.807) is 0 Å². The number of carbonyl (C=O) groups excluding carboxylic acids is 2. The van der Waals surface area contributed by atoms with Gasteiger partial charge in [0.15, 0.2) is 0 Å². The highest BCUT2D eigenvalue weighted by Crippen LogP contribution is 2.44. The van der Waals surface area contributed by atoms with Crippen molar-refractivity contribution in [2.75, 3.05) is 10.6 Å². The Morgan fingerprint density at radius 1 is 0.218 bits per heavy atom. The van der Waals surface area contributed by atoms with Gasteiger partial charge in [-0.3, -0.25) is 9.59 Å². The molecule has 12 nitrogen and oxygen atoms in total. The maximum Gasteiger partial charge on any atom is 0.224 e. The Balaban J connectivity index is 0.595. The van der Waals surface area contributed by atoms with E-state index in [-0.39, 0.29) is 11.8 Å². The Bertz CT molecular complexity index is 5900. The van der Waals surface area contributed by atoms with Gasteiger partial charge in [0, 0.05) is 124 Å². The fourth-order valence-corrected chi connectivity index (χ4v) is 15.8. The van der Waals surface area contributed by atoms with Crippen LogP contribution in [-0.4, -0.2) is 51.7 Å². The number of benzene rings is 8. The van der Waals surface area contributed by atoms with Crippen molar-refractivity contribution in [1.82, 2.24) is 39.9 Å². The minimum Gasteiger partial charge on any atom is -0.354 e. The third kappa shape index (κ3) is 13.7. The van der Waals surface area contributed by atoms with Gasteiger partial charge < -0.3 is 30.6 Å². The number of rotatable bonds is 19. The second kappa shape index (κ2) is 30.4. The molecule has 2 amide bonds. The molecule has 14 aromatic rings. The van der Waals surface area contributed by atoms with E-state index in [1.807, 2.05) is 72.8 Å². The van der Waals surface area contributed by atoms with Crippen LogP contribution in [0, 0.1) is 0 Å². The van der Waals surface area contributed by atoms with Gasteiger partial charge in [0.25, 0.3) is 0 Å². The van der Waals surface area contributed by atoms with Crippen molar-refractivity contribution >= 4 is 116 Å². The van der Waals surface area contributed by atoms with Crippen LogP contribution in [0.15, 0.2) is 279 Å². The first-order valence-electron chi connectivity index (χ1n) is 37.8. The number of H-pyrrole nitrogens is 4. The van der Waals surface area contributed by atoms with Crippen LogP contribution in [0.25, 0.3) is 182 Å². The number of hydrogen-bond acceptors (Lipinski definition) is 6. The van der Waals surface area contributed by atoms with Crippen molar-refractivity contribution in [3.8, 4) is 89.0 Å². The molecular formula is C98H76N10O2.